The Morgan fingerprint density at radius 1 is 0.846 bits per heavy atom. The van der Waals surface area contributed by atoms with Crippen LogP contribution in [0.5, 0.6) is 0 Å². The van der Waals surface area contributed by atoms with Crippen molar-refractivity contribution in [3.63, 3.8) is 0 Å². The van der Waals surface area contributed by atoms with Gasteiger partial charge >= 0.3 is 59.1 Å². The number of hydrogen-bond acceptors (Lipinski definition) is 5. The van der Waals surface area contributed by atoms with Crippen molar-refractivity contribution >= 4 is 20.2 Å². The summed E-state index contributed by atoms with van der Waals surface area (Å²) < 4.78 is 26.7. The van der Waals surface area contributed by atoms with E-state index >= 15 is 0 Å². The van der Waals surface area contributed by atoms with Crippen molar-refractivity contribution in [3.8, 4) is 0 Å². The van der Waals surface area contributed by atoms with Gasteiger partial charge in [0.1, 0.15) is 0 Å². The Morgan fingerprint density at radius 3 is 0.846 bits per heavy atom. The Balaban J connectivity index is -0.00000000286. The van der Waals surface area contributed by atoms with Crippen molar-refractivity contribution in [2.24, 2.45) is 0 Å². The Hall–Kier alpha value is 2.05. The minimum Gasteiger partial charge on any atom is -0.780 e. The van der Waals surface area contributed by atoms with E-state index in [-0.39, 0.29) is 92.6 Å². The van der Waals surface area contributed by atoms with E-state index in [4.69, 9.17) is 13.3 Å². The van der Waals surface area contributed by atoms with E-state index in [0.717, 1.165) is 0 Å². The predicted molar refractivity (Wildman–Crippen MR) is 40.2 cm³/mol. The van der Waals surface area contributed by atoms with Crippen LogP contribution in [0.2, 0.25) is 0 Å². The molecular formula is H13NNa2O8S2. The first-order valence-corrected chi connectivity index (χ1v) is 3.00. The Bertz CT molecular complexity index is 103. The SMILES string of the molecule is N.O.O.O.O.O.O=S([O-])([O-])=S.[Na+].[Na+]. The van der Waals surface area contributed by atoms with Crippen LogP contribution in [0.4, 0.5) is 0 Å². The fourth-order valence-corrected chi connectivity index (χ4v) is 0. The molecule has 13 heteroatoms. The minimum atomic E-state index is -4.33. The molecule has 0 aromatic heterocycles. The molecule has 0 radical (unpaired) electrons. The molecule has 0 aliphatic rings. The van der Waals surface area contributed by atoms with E-state index in [1.807, 2.05) is 0 Å². The van der Waals surface area contributed by atoms with Gasteiger partial charge in [0.2, 0.25) is 0 Å². The van der Waals surface area contributed by atoms with Gasteiger partial charge in [-0.1, -0.05) is 0 Å². The van der Waals surface area contributed by atoms with E-state index < -0.39 is 9.05 Å². The van der Waals surface area contributed by atoms with Crippen LogP contribution in [0.15, 0.2) is 0 Å². The monoisotopic (exact) mass is 265 g/mol. The summed E-state index contributed by atoms with van der Waals surface area (Å²) in [6, 6.07) is 0. The molecule has 0 atom stereocenters. The van der Waals surface area contributed by atoms with Gasteiger partial charge in [0.15, 0.2) is 0 Å². The molecule has 0 heterocycles. The zero-order valence-corrected chi connectivity index (χ0v) is 12.9. The normalized spacial score (nSPS) is 4.46. The van der Waals surface area contributed by atoms with Gasteiger partial charge in [-0.25, -0.2) is 0 Å². The summed E-state index contributed by atoms with van der Waals surface area (Å²) in [6.45, 7) is 0. The summed E-state index contributed by atoms with van der Waals surface area (Å²) in [6.07, 6.45) is 0. The van der Waals surface area contributed by atoms with Gasteiger partial charge in [0.05, 0.1) is 0 Å². The molecule has 0 fully saturated rings. The van der Waals surface area contributed by atoms with Crippen molar-refractivity contribution in [2.45, 2.75) is 0 Å². The number of rotatable bonds is 0. The predicted octanol–water partition coefficient (Wildman–Crippen LogP) is -11.0. The van der Waals surface area contributed by atoms with Gasteiger partial charge in [-0.05, 0) is 11.2 Å². The quantitative estimate of drug-likeness (QED) is 0.417. The standard InChI is InChI=1S/H3N.2Na.H2O3S2.5H2O/c;;;1-5(2,3)4;;;;;/h1H3;;;(H2,1,2,3,4);5*1H2/q;2*+1;;;;;;/p-2. The van der Waals surface area contributed by atoms with Crippen LogP contribution in [0.25, 0.3) is 0 Å². The smallest absolute Gasteiger partial charge is 0.780 e. The molecule has 0 spiro atoms. The zero-order valence-electron chi connectivity index (χ0n) is 7.25. The third kappa shape index (κ3) is 485. The second-order valence-corrected chi connectivity index (χ2v) is 2.45. The maximum Gasteiger partial charge on any atom is 1.00 e. The molecule has 13 heavy (non-hydrogen) atoms. The molecule has 13 N–H and O–H groups in total. The fraction of sp³-hybridized carbons (Fsp3) is 0. The molecular weight excluding hydrogens is 252 g/mol. The van der Waals surface area contributed by atoms with Crippen LogP contribution in [-0.2, 0) is 20.2 Å². The van der Waals surface area contributed by atoms with Gasteiger partial charge in [-0.15, -0.1) is 9.05 Å². The van der Waals surface area contributed by atoms with Crippen LogP contribution >= 0.6 is 0 Å². The third-order valence-electron chi connectivity index (χ3n) is 0. The van der Waals surface area contributed by atoms with Crippen LogP contribution in [0, 0.1) is 0 Å². The molecule has 0 rings (SSSR count). The van der Waals surface area contributed by atoms with Gasteiger partial charge in [-0.2, -0.15) is 0 Å². The summed E-state index contributed by atoms with van der Waals surface area (Å²) >= 11 is 3.24. The zero-order chi connectivity index (χ0) is 4.50. The van der Waals surface area contributed by atoms with Crippen LogP contribution in [-0.4, -0.2) is 40.7 Å². The molecule has 0 unspecified atom stereocenters. The van der Waals surface area contributed by atoms with Crippen molar-refractivity contribution in [1.29, 1.82) is 0 Å². The maximum absolute atomic E-state index is 8.89. The van der Waals surface area contributed by atoms with E-state index in [0.29, 0.717) is 0 Å². The Kier molecular flexibility index (Phi) is 231. The van der Waals surface area contributed by atoms with Crippen molar-refractivity contribution < 1.29 is 99.8 Å². The Labute approximate surface area is 125 Å². The Morgan fingerprint density at radius 2 is 0.846 bits per heavy atom. The van der Waals surface area contributed by atoms with E-state index in [1.54, 1.807) is 0 Å². The topological polar surface area (TPSA) is 256 Å². The average Bonchev–Trinajstić information content (AvgIpc) is 0.722. The van der Waals surface area contributed by atoms with Crippen molar-refractivity contribution in [1.82, 2.24) is 6.15 Å². The first-order chi connectivity index (χ1) is 2.00. The second kappa shape index (κ2) is 36.9. The summed E-state index contributed by atoms with van der Waals surface area (Å²) in [5.41, 5.74) is 0. The average molecular weight is 265 g/mol. The van der Waals surface area contributed by atoms with E-state index in [1.165, 1.54) is 0 Å². The molecule has 0 aliphatic carbocycles. The van der Waals surface area contributed by atoms with Crippen LogP contribution in [0.1, 0.15) is 0 Å². The molecule has 80 valence electrons. The van der Waals surface area contributed by atoms with Crippen molar-refractivity contribution in [3.05, 3.63) is 0 Å². The summed E-state index contributed by atoms with van der Waals surface area (Å²) in [7, 11) is -4.33. The minimum absolute atomic E-state index is 0. The summed E-state index contributed by atoms with van der Waals surface area (Å²) in [5.74, 6) is 0. The second-order valence-electron chi connectivity index (χ2n) is 0.408. The van der Waals surface area contributed by atoms with E-state index in [9.17, 15) is 0 Å². The largest absolute Gasteiger partial charge is 1.00 e. The van der Waals surface area contributed by atoms with Crippen molar-refractivity contribution in [2.75, 3.05) is 0 Å². The van der Waals surface area contributed by atoms with Crippen LogP contribution in [0.3, 0.4) is 0 Å². The molecule has 9 nitrogen and oxygen atoms in total. The van der Waals surface area contributed by atoms with Crippen LogP contribution < -0.4 is 65.3 Å². The van der Waals surface area contributed by atoms with Gasteiger partial charge in [-0.3, -0.25) is 4.21 Å². The molecule has 0 bridgehead atoms. The third-order valence-corrected chi connectivity index (χ3v) is 0. The maximum atomic E-state index is 8.89. The molecule has 0 aromatic rings. The molecule has 0 aliphatic heterocycles. The number of hydrogen-bond donors (Lipinski definition) is 1. The molecule has 0 amide bonds. The fourth-order valence-electron chi connectivity index (χ4n) is 0. The summed E-state index contributed by atoms with van der Waals surface area (Å²) in [5, 5.41) is 0. The van der Waals surface area contributed by atoms with Gasteiger partial charge in [0.25, 0.3) is 0 Å². The molecule has 0 saturated carbocycles. The van der Waals surface area contributed by atoms with E-state index in [2.05, 4.69) is 11.2 Å². The van der Waals surface area contributed by atoms with Gasteiger partial charge < -0.3 is 42.6 Å². The first-order valence-electron chi connectivity index (χ1n) is 0.667. The van der Waals surface area contributed by atoms with Gasteiger partial charge in [0, 0.05) is 0 Å². The molecule has 0 aromatic carbocycles. The summed E-state index contributed by atoms with van der Waals surface area (Å²) in [4.78, 5) is 0. The molecule has 0 saturated heterocycles. The first kappa shape index (κ1) is 81.2.